The van der Waals surface area contributed by atoms with E-state index in [0.717, 1.165) is 108 Å². The molecular formula is C94H117Cl2N7O16. The number of furan rings is 3. The molecule has 0 amide bonds. The summed E-state index contributed by atoms with van der Waals surface area (Å²) >= 11 is 10.4. The Hall–Kier alpha value is -11.0. The number of methoxy groups -OCH3 is 2. The van der Waals surface area contributed by atoms with Crippen molar-refractivity contribution in [3.8, 4) is 0 Å². The number of alkyl halides is 1. The molecule has 5 aromatic carbocycles. The minimum atomic E-state index is -1.16. The Balaban J connectivity index is 0.000000263. The van der Waals surface area contributed by atoms with Gasteiger partial charge in [-0.25, -0.2) is 0 Å². The Bertz CT molecular complexity index is 5130. The van der Waals surface area contributed by atoms with Gasteiger partial charge >= 0.3 is 17.9 Å². The number of fused-ring (bicyclic) bond motifs is 3. The molecule has 0 unspecified atom stereocenters. The summed E-state index contributed by atoms with van der Waals surface area (Å²) < 4.78 is 29.7. The van der Waals surface area contributed by atoms with Gasteiger partial charge < -0.3 is 33.6 Å². The van der Waals surface area contributed by atoms with Crippen molar-refractivity contribution in [1.29, 1.82) is 0 Å². The molecule has 0 fully saturated rings. The van der Waals surface area contributed by atoms with Gasteiger partial charge in [0.15, 0.2) is 0 Å². The van der Waals surface area contributed by atoms with Gasteiger partial charge in [-0.3, -0.25) is 62.0 Å². The zero-order valence-corrected chi connectivity index (χ0v) is 73.3. The maximum absolute atomic E-state index is 14.2. The molecule has 23 nitrogen and oxygen atoms in total. The number of ketones is 6. The van der Waals surface area contributed by atoms with Crippen LogP contribution in [-0.4, -0.2) is 107 Å². The highest BCUT2D eigenvalue weighted by atomic mass is 35.5. The molecule has 11 aromatic rings. The van der Waals surface area contributed by atoms with Crippen molar-refractivity contribution < 1.29 is 75.8 Å². The number of hydrogen-bond donors (Lipinski definition) is 2. The summed E-state index contributed by atoms with van der Waals surface area (Å²) in [5, 5.41) is 24.1. The largest absolute Gasteiger partial charge is 0.481 e. The number of aliphatic carboxylic acids is 1. The lowest BCUT2D eigenvalue weighted by atomic mass is 9.69. The van der Waals surface area contributed by atoms with E-state index >= 15 is 0 Å². The van der Waals surface area contributed by atoms with Gasteiger partial charge in [-0.15, -0.1) is 11.6 Å². The lowest BCUT2D eigenvalue weighted by Crippen LogP contribution is -2.44. The summed E-state index contributed by atoms with van der Waals surface area (Å²) in [6.45, 7) is 23.1. The Morgan fingerprint density at radius 1 is 0.429 bits per heavy atom. The molecule has 6 aromatic heterocycles. The van der Waals surface area contributed by atoms with Gasteiger partial charge in [0.1, 0.15) is 70.7 Å². The number of carboxylic acid groups (broad SMARTS) is 1. The standard InChI is InChI=1S/C30H42N4O2.C18H22O3.C14H14O4.C13H16O3.C9H9NO.C6H9ClN2.C4H5ClO3/c1-20(2)9-13-28(35)30(18-26-16-23(5)31-33(26)7,19-27-17-24(6)32-34(27)8)29(36)14-12-25-11-10-21(3)22(4)15-25;1-13(2)3-6-16(19)12-17(20)7-4-14-5-8-18-15(11-14)9-10-21-18;1-17-14(16)9-12(15)4-2-10-3-5-13-11(8-10)6-7-18-13;1-9-3-4-11(7-10(9)2)5-6-12(14)8-13(15)16;10-6-7-1-2-9-8(5-7)3-4-11-9;1-5-3-6(4-7)9(2)8-5;1-8-4(7)2-3(5)6/h10-11,15-17,20H,9,12-14,18-19H2,1-8H3;5,8-11,13H,3-4,6-7,12H2,1-2H3;3,5-8H,2,4,9H2,1H3;3-4,7H,5-6,8H2,1-2H3,(H,15,16);1-5H,6,10H2;3H,4H2,1-2H3;2H2,1H3. The quantitative estimate of drug-likeness (QED) is 0.0164. The fraction of sp³-hybridized carbons (Fsp3) is 0.415. The molecule has 0 aliphatic carbocycles. The van der Waals surface area contributed by atoms with Crippen molar-refractivity contribution in [2.24, 2.45) is 44.1 Å². The topological polar surface area (TPSA) is 328 Å². The number of nitrogens with zero attached hydrogens (tertiary/aromatic N) is 6. The summed E-state index contributed by atoms with van der Waals surface area (Å²) in [6.07, 6.45) is 11.4. The van der Waals surface area contributed by atoms with E-state index in [1.54, 1.807) is 23.5 Å². The third-order valence-electron chi connectivity index (χ3n) is 19.9. The summed E-state index contributed by atoms with van der Waals surface area (Å²) in [5.74, 6) is -0.889. The molecule has 11 rings (SSSR count). The molecule has 0 saturated carbocycles. The van der Waals surface area contributed by atoms with Crippen LogP contribution in [0.15, 0.2) is 159 Å². The van der Waals surface area contributed by atoms with Crippen LogP contribution >= 0.6 is 23.2 Å². The van der Waals surface area contributed by atoms with E-state index in [1.165, 1.54) is 36.5 Å². The summed E-state index contributed by atoms with van der Waals surface area (Å²) in [5.41, 5.74) is 23.0. The van der Waals surface area contributed by atoms with Crippen LogP contribution < -0.4 is 5.73 Å². The van der Waals surface area contributed by atoms with E-state index in [1.807, 2.05) is 174 Å². The lowest BCUT2D eigenvalue weighted by Gasteiger charge is -2.32. The van der Waals surface area contributed by atoms with Gasteiger partial charge in [0.2, 0.25) is 5.24 Å². The Morgan fingerprint density at radius 3 is 1.13 bits per heavy atom. The van der Waals surface area contributed by atoms with Crippen LogP contribution in [0.4, 0.5) is 0 Å². The van der Waals surface area contributed by atoms with Gasteiger partial charge in [0, 0.05) is 107 Å². The van der Waals surface area contributed by atoms with E-state index < -0.39 is 28.6 Å². The van der Waals surface area contributed by atoms with Crippen LogP contribution in [0.2, 0.25) is 0 Å². The molecule has 0 aliphatic heterocycles. The Morgan fingerprint density at radius 2 is 0.773 bits per heavy atom. The Labute approximate surface area is 708 Å². The molecule has 6 heterocycles. The zero-order valence-electron chi connectivity index (χ0n) is 71.7. The average Bonchev–Trinajstić information content (AvgIpc) is 1.75. The SMILES string of the molecule is CC(C)CCC(=O)CC(=O)CCc1ccc2occc2c1.COC(=O)CC(=O)CCc1ccc2occc2c1.COC(=O)CC(=O)Cl.Cc1cc(CC(Cc2cc(C)nn2C)(C(=O)CCc2ccc(C)c(C)c2)C(=O)CCC(C)C)n(C)n1.Cc1cc(CCl)n(C)n1.Cc1ccc(CCC(=O)CC(=O)O)cc1C.NCc1ccc2occc2c1. The molecule has 25 heteroatoms. The molecule has 638 valence electrons. The first kappa shape index (κ1) is 98.6. The van der Waals surface area contributed by atoms with Crippen molar-refractivity contribution in [2.75, 3.05) is 14.2 Å². The number of aryl methyl sites for hydroxylation is 14. The van der Waals surface area contributed by atoms with Crippen molar-refractivity contribution >= 4 is 114 Å². The second kappa shape index (κ2) is 50.0. The Kier molecular flexibility index (Phi) is 41.4. The lowest BCUT2D eigenvalue weighted by molar-refractivity contribution is -0.144. The second-order valence-electron chi connectivity index (χ2n) is 30.7. The number of halogens is 2. The summed E-state index contributed by atoms with van der Waals surface area (Å²) in [4.78, 5) is 116. The van der Waals surface area contributed by atoms with Gasteiger partial charge in [-0.2, -0.15) is 15.3 Å². The van der Waals surface area contributed by atoms with E-state index in [9.17, 15) is 47.9 Å². The number of aromatic nitrogens is 6. The van der Waals surface area contributed by atoms with E-state index in [2.05, 4.69) is 84.5 Å². The molecule has 0 radical (unpaired) electrons. The summed E-state index contributed by atoms with van der Waals surface area (Å²) in [6, 6.07) is 41.8. The maximum Gasteiger partial charge on any atom is 0.314 e. The highest BCUT2D eigenvalue weighted by molar-refractivity contribution is 6.64. The van der Waals surface area contributed by atoms with Crippen molar-refractivity contribution in [1.82, 2.24) is 29.3 Å². The third kappa shape index (κ3) is 34.8. The zero-order chi connectivity index (χ0) is 88.1. The third-order valence-corrected chi connectivity index (χ3v) is 20.3. The minimum absolute atomic E-state index is 0.00666. The van der Waals surface area contributed by atoms with Gasteiger partial charge in [-0.1, -0.05) is 82.3 Å². The van der Waals surface area contributed by atoms with Gasteiger partial charge in [0.05, 0.1) is 73.5 Å². The number of carboxylic acids is 1. The number of benzene rings is 5. The molecule has 0 bridgehead atoms. The molecule has 3 N–H and O–H groups in total. The van der Waals surface area contributed by atoms with Crippen LogP contribution in [0, 0.1) is 65.7 Å². The number of rotatable bonds is 34. The van der Waals surface area contributed by atoms with Crippen LogP contribution in [0.5, 0.6) is 0 Å². The molecule has 0 spiro atoms. The number of esters is 2. The molecule has 0 atom stereocenters. The normalized spacial score (nSPS) is 10.8. The van der Waals surface area contributed by atoms with Crippen LogP contribution in [0.25, 0.3) is 32.9 Å². The first-order valence-electron chi connectivity index (χ1n) is 39.9. The molecule has 119 heavy (non-hydrogen) atoms. The second-order valence-corrected chi connectivity index (χ2v) is 31.4. The molecular weight excluding hydrogens is 1550 g/mol. The minimum Gasteiger partial charge on any atom is -0.481 e. The smallest absolute Gasteiger partial charge is 0.314 e. The fourth-order valence-corrected chi connectivity index (χ4v) is 13.1. The van der Waals surface area contributed by atoms with E-state index in [0.29, 0.717) is 101 Å². The van der Waals surface area contributed by atoms with Crippen LogP contribution in [0.1, 0.15) is 189 Å². The number of hydrogen-bond acceptors (Lipinski definition) is 19. The average molecular weight is 1670 g/mol. The van der Waals surface area contributed by atoms with Crippen molar-refractivity contribution in [2.45, 2.75) is 204 Å². The number of Topliss-reactive ketones (excluding diaryl/α,β-unsaturated/α-hetero) is 6. The van der Waals surface area contributed by atoms with Crippen molar-refractivity contribution in [3.05, 3.63) is 230 Å². The number of carbonyl (C=O) groups is 10. The summed E-state index contributed by atoms with van der Waals surface area (Å²) in [7, 11) is 8.15. The first-order chi connectivity index (χ1) is 56.4. The van der Waals surface area contributed by atoms with E-state index in [4.69, 9.17) is 47.3 Å². The van der Waals surface area contributed by atoms with Crippen LogP contribution in [0.3, 0.4) is 0 Å². The highest BCUT2D eigenvalue weighted by Gasteiger charge is 2.46. The number of ether oxygens (including phenoxy) is 2. The monoisotopic (exact) mass is 1670 g/mol. The fourth-order valence-electron chi connectivity index (χ4n) is 12.7. The first-order valence-corrected chi connectivity index (χ1v) is 40.8. The number of carbonyl (C=O) groups excluding carboxylic acids is 9. The van der Waals surface area contributed by atoms with Crippen LogP contribution in [-0.2, 0) is 130 Å². The molecule has 0 saturated heterocycles. The van der Waals surface area contributed by atoms with Crippen molar-refractivity contribution in [3.63, 3.8) is 0 Å². The van der Waals surface area contributed by atoms with Gasteiger partial charge in [-0.05, 0) is 233 Å². The molecule has 0 aliphatic rings. The highest BCUT2D eigenvalue weighted by Crippen LogP contribution is 2.36. The van der Waals surface area contributed by atoms with Gasteiger partial charge in [0.25, 0.3) is 0 Å². The number of nitrogens with two attached hydrogens (primary N) is 1. The van der Waals surface area contributed by atoms with E-state index in [-0.39, 0.29) is 60.4 Å². The predicted molar refractivity (Wildman–Crippen MR) is 464 cm³/mol. The predicted octanol–water partition coefficient (Wildman–Crippen LogP) is 18.1. The maximum atomic E-state index is 14.2.